The largest absolute Gasteiger partial charge is 0.343 e. The Morgan fingerprint density at radius 2 is 2.07 bits per heavy atom. The van der Waals surface area contributed by atoms with Crippen LogP contribution in [0.15, 0.2) is 57.5 Å². The minimum absolute atomic E-state index is 0.0378. The predicted molar refractivity (Wildman–Crippen MR) is 117 cm³/mol. The van der Waals surface area contributed by atoms with Crippen molar-refractivity contribution in [2.45, 2.75) is 19.3 Å². The van der Waals surface area contributed by atoms with E-state index < -0.39 is 0 Å². The number of hydrogen-bond donors (Lipinski definition) is 0. The van der Waals surface area contributed by atoms with Crippen molar-refractivity contribution < 1.29 is 4.79 Å². The zero-order chi connectivity index (χ0) is 19.8. The third-order valence-corrected chi connectivity index (χ3v) is 7.18. The number of nitriles is 1. The molecule has 0 aliphatic carbocycles. The molecule has 4 nitrogen and oxygen atoms in total. The van der Waals surface area contributed by atoms with Gasteiger partial charge < -0.3 is 4.90 Å². The number of halogens is 2. The van der Waals surface area contributed by atoms with Gasteiger partial charge in [-0.1, -0.05) is 57.5 Å². The quantitative estimate of drug-likeness (QED) is 0.566. The van der Waals surface area contributed by atoms with Gasteiger partial charge >= 0.3 is 0 Å². The lowest BCUT2D eigenvalue weighted by atomic mass is 9.86. The molecule has 142 valence electrons. The number of nitrogens with zero attached hydrogens (tertiary/aromatic N) is 3. The van der Waals surface area contributed by atoms with Crippen LogP contribution in [0.4, 0.5) is 5.69 Å². The van der Waals surface area contributed by atoms with Gasteiger partial charge in [0.1, 0.15) is 0 Å². The van der Waals surface area contributed by atoms with Gasteiger partial charge in [0.25, 0.3) is 0 Å². The molecule has 0 saturated carbocycles. The lowest BCUT2D eigenvalue weighted by Gasteiger charge is -2.42. The number of hydrogen-bond acceptors (Lipinski definition) is 4. The van der Waals surface area contributed by atoms with Gasteiger partial charge in [-0.2, -0.15) is 5.26 Å². The van der Waals surface area contributed by atoms with Crippen molar-refractivity contribution in [3.63, 3.8) is 0 Å². The van der Waals surface area contributed by atoms with Crippen molar-refractivity contribution >= 4 is 50.9 Å². The second-order valence-electron chi connectivity index (χ2n) is 6.80. The molecule has 2 aliphatic rings. The summed E-state index contributed by atoms with van der Waals surface area (Å²) in [6, 6.07) is 16.0. The van der Waals surface area contributed by atoms with Crippen molar-refractivity contribution in [3.05, 3.63) is 73.7 Å². The summed E-state index contributed by atoms with van der Waals surface area (Å²) in [6.07, 6.45) is 0.297. The van der Waals surface area contributed by atoms with Crippen LogP contribution in [-0.2, 0) is 4.79 Å². The Kier molecular flexibility index (Phi) is 5.42. The van der Waals surface area contributed by atoms with Crippen LogP contribution >= 0.6 is 39.3 Å². The van der Waals surface area contributed by atoms with Crippen LogP contribution in [0.25, 0.3) is 0 Å². The molecule has 0 spiro atoms. The second kappa shape index (κ2) is 7.82. The number of amides is 1. The molecule has 0 bridgehead atoms. The van der Waals surface area contributed by atoms with Gasteiger partial charge in [-0.15, -0.1) is 0 Å². The summed E-state index contributed by atoms with van der Waals surface area (Å²) < 4.78 is 0.945. The molecule has 0 N–H and O–H groups in total. The molecule has 1 amide bonds. The van der Waals surface area contributed by atoms with E-state index in [-0.39, 0.29) is 11.8 Å². The van der Waals surface area contributed by atoms with Crippen LogP contribution in [0.3, 0.4) is 0 Å². The van der Waals surface area contributed by atoms with Crippen LogP contribution in [-0.4, -0.2) is 23.4 Å². The van der Waals surface area contributed by atoms with E-state index in [4.69, 9.17) is 11.6 Å². The van der Waals surface area contributed by atoms with Gasteiger partial charge in [0.2, 0.25) is 5.91 Å². The monoisotopic (exact) mass is 473 g/mol. The molecule has 2 aromatic rings. The minimum atomic E-state index is -0.201. The van der Waals surface area contributed by atoms with E-state index in [1.54, 1.807) is 4.90 Å². The fraction of sp³-hybridized carbons (Fsp3) is 0.238. The molecular formula is C21H17BrClN3OS. The average molecular weight is 475 g/mol. The first-order valence-corrected chi connectivity index (χ1v) is 11.0. The van der Waals surface area contributed by atoms with Gasteiger partial charge in [0.15, 0.2) is 0 Å². The summed E-state index contributed by atoms with van der Waals surface area (Å²) in [6.45, 7) is 2.41. The van der Waals surface area contributed by atoms with E-state index in [1.165, 1.54) is 11.8 Å². The number of allylic oxidation sites excluding steroid dienone is 1. The van der Waals surface area contributed by atoms with Gasteiger partial charge in [-0.3, -0.25) is 9.69 Å². The van der Waals surface area contributed by atoms with Crippen molar-refractivity contribution in [3.8, 4) is 6.07 Å². The number of anilines is 1. The smallest absolute Gasteiger partial charge is 0.229 e. The molecule has 2 heterocycles. The van der Waals surface area contributed by atoms with E-state index in [0.29, 0.717) is 29.6 Å². The molecule has 4 rings (SSSR count). The van der Waals surface area contributed by atoms with E-state index in [0.717, 1.165) is 26.3 Å². The Labute approximate surface area is 181 Å². The van der Waals surface area contributed by atoms with Crippen molar-refractivity contribution in [2.75, 3.05) is 17.4 Å². The van der Waals surface area contributed by atoms with Gasteiger partial charge in [0.05, 0.1) is 29.2 Å². The van der Waals surface area contributed by atoms with E-state index >= 15 is 0 Å². The molecule has 1 atom stereocenters. The van der Waals surface area contributed by atoms with Crippen molar-refractivity contribution in [1.82, 2.24) is 4.90 Å². The molecule has 1 fully saturated rings. The normalized spacial score (nSPS) is 19.5. The lowest BCUT2D eigenvalue weighted by Crippen LogP contribution is -2.47. The maximum atomic E-state index is 13.0. The Morgan fingerprint density at radius 3 is 2.82 bits per heavy atom. The number of rotatable bonds is 2. The van der Waals surface area contributed by atoms with Gasteiger partial charge in [-0.05, 0) is 42.3 Å². The molecule has 2 aliphatic heterocycles. The van der Waals surface area contributed by atoms with E-state index in [1.807, 2.05) is 49.4 Å². The lowest BCUT2D eigenvalue weighted by molar-refractivity contribution is -0.129. The van der Waals surface area contributed by atoms with Crippen LogP contribution < -0.4 is 4.90 Å². The highest BCUT2D eigenvalue weighted by molar-refractivity contribution is 9.10. The summed E-state index contributed by atoms with van der Waals surface area (Å²) in [5, 5.41) is 11.4. The molecule has 0 aromatic heterocycles. The molecule has 2 aromatic carbocycles. The number of fused-ring (bicyclic) bond motifs is 1. The Morgan fingerprint density at radius 1 is 1.29 bits per heavy atom. The maximum absolute atomic E-state index is 13.0. The zero-order valence-electron chi connectivity index (χ0n) is 15.2. The number of carbonyl (C=O) groups excluding carboxylic acids is 1. The summed E-state index contributed by atoms with van der Waals surface area (Å²) in [4.78, 5) is 16.9. The summed E-state index contributed by atoms with van der Waals surface area (Å²) in [5.74, 6) is 0.500. The zero-order valence-corrected chi connectivity index (χ0v) is 18.3. The Hall–Kier alpha value is -1.94. The fourth-order valence-electron chi connectivity index (χ4n) is 3.66. The summed E-state index contributed by atoms with van der Waals surface area (Å²) >= 11 is 11.3. The average Bonchev–Trinajstić information content (AvgIpc) is 2.70. The predicted octanol–water partition coefficient (Wildman–Crippen LogP) is 5.63. The van der Waals surface area contributed by atoms with Crippen molar-refractivity contribution in [2.24, 2.45) is 0 Å². The van der Waals surface area contributed by atoms with E-state index in [2.05, 4.69) is 26.9 Å². The molecule has 28 heavy (non-hydrogen) atoms. The number of carbonyl (C=O) groups is 1. The highest BCUT2D eigenvalue weighted by Crippen LogP contribution is 2.44. The minimum Gasteiger partial charge on any atom is -0.343 e. The first kappa shape index (κ1) is 19.4. The number of thioether (sulfide) groups is 1. The maximum Gasteiger partial charge on any atom is 0.229 e. The highest BCUT2D eigenvalue weighted by atomic mass is 79.9. The fourth-order valence-corrected chi connectivity index (χ4v) is 5.41. The summed E-state index contributed by atoms with van der Waals surface area (Å²) in [7, 11) is 0. The topological polar surface area (TPSA) is 47.3 Å². The van der Waals surface area contributed by atoms with E-state index in [9.17, 15) is 10.1 Å². The van der Waals surface area contributed by atoms with Crippen LogP contribution in [0.1, 0.15) is 23.5 Å². The van der Waals surface area contributed by atoms with Crippen LogP contribution in [0.5, 0.6) is 0 Å². The Bertz CT molecular complexity index is 1030. The second-order valence-corrected chi connectivity index (χ2v) is 9.06. The molecular weight excluding hydrogens is 458 g/mol. The molecule has 0 radical (unpaired) electrons. The van der Waals surface area contributed by atoms with Gasteiger partial charge in [0, 0.05) is 27.5 Å². The third kappa shape index (κ3) is 3.43. The molecule has 1 unspecified atom stereocenters. The first-order chi connectivity index (χ1) is 13.5. The summed E-state index contributed by atoms with van der Waals surface area (Å²) in [5.41, 5.74) is 3.67. The standard InChI is InChI=1S/C21H17BrClN3OS/c1-13-18(23)6-3-7-19(13)25-11-26-20(27)9-16(14-4-2-5-15(22)8-14)17(10-24)21(26)28-12-25/h2-8,16H,9,11-12H2,1H3. The molecule has 7 heteroatoms. The van der Waals surface area contributed by atoms with Crippen molar-refractivity contribution in [1.29, 1.82) is 5.26 Å². The Balaban J connectivity index is 1.69. The number of benzene rings is 2. The highest BCUT2D eigenvalue weighted by Gasteiger charge is 2.38. The SMILES string of the molecule is Cc1c(Cl)cccc1N1CSC2=C(C#N)C(c3cccc(Br)c3)CC(=O)N2C1. The third-order valence-electron chi connectivity index (χ3n) is 5.12. The first-order valence-electron chi connectivity index (χ1n) is 8.82. The van der Waals surface area contributed by atoms with Crippen LogP contribution in [0.2, 0.25) is 5.02 Å². The van der Waals surface area contributed by atoms with Gasteiger partial charge in [-0.25, -0.2) is 0 Å². The van der Waals surface area contributed by atoms with Crippen LogP contribution in [0, 0.1) is 18.3 Å². The molecule has 1 saturated heterocycles.